The lowest BCUT2D eigenvalue weighted by Crippen LogP contribution is -2.15. The Bertz CT molecular complexity index is 433. The van der Waals surface area contributed by atoms with Crippen molar-refractivity contribution in [3.8, 4) is 0 Å². The van der Waals surface area contributed by atoms with E-state index in [2.05, 4.69) is 0 Å². The topological polar surface area (TPSA) is 48.7 Å². The lowest BCUT2D eigenvalue weighted by molar-refractivity contribution is 0.229. The van der Waals surface area contributed by atoms with Crippen LogP contribution in [0.1, 0.15) is 30.6 Å². The second-order valence-corrected chi connectivity index (χ2v) is 8.65. The average molecular weight is 322 g/mol. The highest BCUT2D eigenvalue weighted by atomic mass is 32.2. The van der Waals surface area contributed by atoms with E-state index in [9.17, 15) is 4.57 Å². The van der Waals surface area contributed by atoms with Gasteiger partial charge in [-0.1, -0.05) is 0 Å². The van der Waals surface area contributed by atoms with Gasteiger partial charge in [0.1, 0.15) is 15.6 Å². The fourth-order valence-corrected chi connectivity index (χ4v) is 6.64. The molecule has 0 aliphatic carbocycles. The van der Waals surface area contributed by atoms with Crippen LogP contribution in [0.25, 0.3) is 0 Å². The van der Waals surface area contributed by atoms with Gasteiger partial charge in [0.2, 0.25) is 0 Å². The Balaban J connectivity index is 2.27. The van der Waals surface area contributed by atoms with E-state index in [0.717, 1.165) is 17.3 Å². The molecule has 1 fully saturated rings. The first-order chi connectivity index (χ1) is 9.21. The van der Waals surface area contributed by atoms with Gasteiger partial charge < -0.3 is 13.5 Å². The molecule has 0 bridgehead atoms. The van der Waals surface area contributed by atoms with E-state index in [1.807, 2.05) is 37.4 Å². The maximum Gasteiger partial charge on any atom is 0.364 e. The summed E-state index contributed by atoms with van der Waals surface area (Å²) in [6, 6.07) is 1.72. The van der Waals surface area contributed by atoms with Gasteiger partial charge in [-0.25, -0.2) is 0 Å². The maximum atomic E-state index is 12.8. The molecular formula is C12H19O4PS2. The largest absolute Gasteiger partial charge is 0.466 e. The second kappa shape index (κ2) is 7.23. The van der Waals surface area contributed by atoms with Gasteiger partial charge in [-0.15, -0.1) is 23.5 Å². The van der Waals surface area contributed by atoms with Crippen molar-refractivity contribution in [1.82, 2.24) is 0 Å². The number of thioether (sulfide) groups is 2. The highest BCUT2D eigenvalue weighted by molar-refractivity contribution is 8.16. The van der Waals surface area contributed by atoms with Crippen molar-refractivity contribution in [2.75, 3.05) is 24.7 Å². The van der Waals surface area contributed by atoms with Crippen molar-refractivity contribution in [1.29, 1.82) is 0 Å². The van der Waals surface area contributed by atoms with Crippen LogP contribution < -0.4 is 5.30 Å². The Hall–Kier alpha value is 0.130. The van der Waals surface area contributed by atoms with E-state index >= 15 is 0 Å². The van der Waals surface area contributed by atoms with Crippen LogP contribution >= 0.6 is 31.1 Å². The molecule has 0 spiro atoms. The Morgan fingerprint density at radius 2 is 1.95 bits per heavy atom. The zero-order chi connectivity index (χ0) is 13.7. The lowest BCUT2D eigenvalue weighted by Gasteiger charge is -2.22. The van der Waals surface area contributed by atoms with Crippen LogP contribution in [0.3, 0.4) is 0 Å². The van der Waals surface area contributed by atoms with Gasteiger partial charge in [-0.2, -0.15) is 0 Å². The summed E-state index contributed by atoms with van der Waals surface area (Å²) in [7, 11) is -3.25. The van der Waals surface area contributed by atoms with Crippen molar-refractivity contribution < 1.29 is 18.0 Å². The van der Waals surface area contributed by atoms with Gasteiger partial charge in [0.05, 0.1) is 19.5 Å². The van der Waals surface area contributed by atoms with Crippen LogP contribution in [0.2, 0.25) is 0 Å². The number of rotatable bonds is 6. The summed E-state index contributed by atoms with van der Waals surface area (Å²) in [6.45, 7) is 4.34. The third-order valence-electron chi connectivity index (χ3n) is 2.61. The fraction of sp³-hybridized carbons (Fsp3) is 0.667. The Labute approximate surface area is 122 Å². The molecule has 0 radical (unpaired) electrons. The predicted octanol–water partition coefficient (Wildman–Crippen LogP) is 4.04. The normalized spacial score (nSPS) is 17.8. The summed E-state index contributed by atoms with van der Waals surface area (Å²) in [4.78, 5) is 0. The van der Waals surface area contributed by atoms with E-state index < -0.39 is 7.60 Å². The quantitative estimate of drug-likeness (QED) is 0.737. The van der Waals surface area contributed by atoms with Crippen molar-refractivity contribution in [3.63, 3.8) is 0 Å². The van der Waals surface area contributed by atoms with Gasteiger partial charge in [0.25, 0.3) is 0 Å². The molecule has 0 N–H and O–H groups in total. The first-order valence-electron chi connectivity index (χ1n) is 6.41. The molecule has 7 heteroatoms. The van der Waals surface area contributed by atoms with Crippen LogP contribution in [0.5, 0.6) is 0 Å². The molecule has 0 unspecified atom stereocenters. The summed E-state index contributed by atoms with van der Waals surface area (Å²) < 4.78 is 29.4. The van der Waals surface area contributed by atoms with Crippen LogP contribution in [-0.2, 0) is 13.6 Å². The molecule has 1 aliphatic heterocycles. The van der Waals surface area contributed by atoms with Crippen molar-refractivity contribution >= 4 is 36.4 Å². The van der Waals surface area contributed by atoms with Gasteiger partial charge in [-0.3, -0.25) is 4.57 Å². The minimum absolute atomic E-state index is 0.188. The zero-order valence-electron chi connectivity index (χ0n) is 11.2. The molecule has 1 saturated heterocycles. The molecule has 1 aromatic heterocycles. The minimum atomic E-state index is -3.25. The minimum Gasteiger partial charge on any atom is -0.466 e. The third-order valence-corrected chi connectivity index (χ3v) is 7.66. The van der Waals surface area contributed by atoms with Crippen LogP contribution in [0.4, 0.5) is 0 Å². The van der Waals surface area contributed by atoms with E-state index in [1.54, 1.807) is 12.3 Å². The summed E-state index contributed by atoms with van der Waals surface area (Å²) >= 11 is 3.65. The van der Waals surface area contributed by atoms with Crippen molar-refractivity contribution in [2.45, 2.75) is 24.9 Å². The van der Waals surface area contributed by atoms with Crippen LogP contribution in [-0.4, -0.2) is 24.7 Å². The maximum absolute atomic E-state index is 12.8. The Morgan fingerprint density at radius 3 is 2.53 bits per heavy atom. The Morgan fingerprint density at radius 1 is 1.32 bits per heavy atom. The molecule has 0 amide bonds. The van der Waals surface area contributed by atoms with E-state index in [-0.39, 0.29) is 4.58 Å². The molecule has 108 valence electrons. The summed E-state index contributed by atoms with van der Waals surface area (Å²) in [6.07, 6.45) is 2.78. The number of furan rings is 1. The SMILES string of the molecule is CCOP(=O)(OCC)c1ccoc1C1SCCCS1. The fourth-order valence-electron chi connectivity index (χ4n) is 1.87. The van der Waals surface area contributed by atoms with Gasteiger partial charge in [0, 0.05) is 0 Å². The summed E-state index contributed by atoms with van der Waals surface area (Å²) in [5, 5.41) is 0.586. The first kappa shape index (κ1) is 15.5. The molecule has 1 aromatic rings. The molecule has 0 atom stereocenters. The molecule has 2 heterocycles. The van der Waals surface area contributed by atoms with E-state index in [4.69, 9.17) is 13.5 Å². The smallest absolute Gasteiger partial charge is 0.364 e. The molecule has 0 saturated carbocycles. The number of hydrogen-bond donors (Lipinski definition) is 0. The first-order valence-corrected chi connectivity index (χ1v) is 10.1. The molecule has 2 rings (SSSR count). The van der Waals surface area contributed by atoms with Gasteiger partial charge in [0.15, 0.2) is 0 Å². The number of hydrogen-bond acceptors (Lipinski definition) is 6. The molecular weight excluding hydrogens is 303 g/mol. The van der Waals surface area contributed by atoms with Gasteiger partial charge >= 0.3 is 7.60 Å². The second-order valence-electron chi connectivity index (χ2n) is 3.93. The molecule has 4 nitrogen and oxygen atoms in total. The van der Waals surface area contributed by atoms with E-state index in [1.165, 1.54) is 6.42 Å². The van der Waals surface area contributed by atoms with Crippen molar-refractivity contribution in [2.24, 2.45) is 0 Å². The highest BCUT2D eigenvalue weighted by Gasteiger charge is 2.35. The average Bonchev–Trinajstić information content (AvgIpc) is 2.90. The predicted molar refractivity (Wildman–Crippen MR) is 81.5 cm³/mol. The summed E-state index contributed by atoms with van der Waals surface area (Å²) in [5.74, 6) is 2.94. The van der Waals surface area contributed by atoms with Crippen molar-refractivity contribution in [3.05, 3.63) is 18.1 Å². The molecule has 0 aromatic carbocycles. The standard InChI is InChI=1S/C12H19O4PS2/c1-3-15-17(13,16-4-2)10-6-7-14-11(10)12-18-8-5-9-19-12/h6-7,12H,3-5,8-9H2,1-2H3. The molecule has 19 heavy (non-hydrogen) atoms. The Kier molecular flexibility index (Phi) is 5.90. The van der Waals surface area contributed by atoms with Crippen LogP contribution in [0, 0.1) is 0 Å². The lowest BCUT2D eigenvalue weighted by atomic mass is 10.5. The third kappa shape index (κ3) is 3.61. The molecule has 1 aliphatic rings. The summed E-state index contributed by atoms with van der Waals surface area (Å²) in [5.41, 5.74) is 0. The monoisotopic (exact) mass is 322 g/mol. The van der Waals surface area contributed by atoms with Gasteiger partial charge in [-0.05, 0) is 37.8 Å². The van der Waals surface area contributed by atoms with E-state index in [0.29, 0.717) is 18.5 Å². The van der Waals surface area contributed by atoms with Crippen LogP contribution in [0.15, 0.2) is 16.7 Å². The highest BCUT2D eigenvalue weighted by Crippen LogP contribution is 2.52. The zero-order valence-corrected chi connectivity index (χ0v) is 13.7.